The molecule has 3 aromatic carbocycles. The lowest BCUT2D eigenvalue weighted by Crippen LogP contribution is -2.47. The largest absolute Gasteiger partial charge is 0.405 e. The number of aromatic nitrogens is 2. The number of carbonyl (C=O) groups excluding carboxylic acids is 2. The van der Waals surface area contributed by atoms with Crippen molar-refractivity contribution in [3.8, 4) is 11.1 Å². The van der Waals surface area contributed by atoms with Gasteiger partial charge in [0.1, 0.15) is 12.0 Å². The van der Waals surface area contributed by atoms with E-state index in [-0.39, 0.29) is 11.9 Å². The maximum atomic E-state index is 13.7. The van der Waals surface area contributed by atoms with Crippen molar-refractivity contribution >= 4 is 22.7 Å². The fourth-order valence-electron chi connectivity index (χ4n) is 6.76. The van der Waals surface area contributed by atoms with E-state index in [9.17, 15) is 22.8 Å². The molecule has 1 saturated heterocycles. The molecule has 1 aliphatic carbocycles. The molecule has 44 heavy (non-hydrogen) atoms. The molecule has 0 atom stereocenters. The number of benzene rings is 3. The van der Waals surface area contributed by atoms with Crippen molar-refractivity contribution in [2.24, 2.45) is 0 Å². The predicted molar refractivity (Wildman–Crippen MR) is 162 cm³/mol. The van der Waals surface area contributed by atoms with E-state index >= 15 is 0 Å². The van der Waals surface area contributed by atoms with Crippen LogP contribution in [0.25, 0.3) is 22.0 Å². The molecule has 1 aromatic heterocycles. The number of nitrogens with zero attached hydrogens (tertiary/aromatic N) is 3. The number of piperidine rings is 1. The first-order chi connectivity index (χ1) is 21.3. The minimum Gasteiger partial charge on any atom is -0.349 e. The van der Waals surface area contributed by atoms with Gasteiger partial charge in [-0.25, -0.2) is 0 Å². The fraction of sp³-hybridized carbons (Fsp3) is 0.353. The van der Waals surface area contributed by atoms with Gasteiger partial charge < -0.3 is 15.5 Å². The molecule has 2 aliphatic rings. The molecule has 1 aliphatic heterocycles. The Hall–Kier alpha value is -4.31. The molecule has 1 fully saturated rings. The summed E-state index contributed by atoms with van der Waals surface area (Å²) >= 11 is 0. The van der Waals surface area contributed by atoms with Gasteiger partial charge in [-0.2, -0.15) is 23.4 Å². The number of fused-ring (bicyclic) bond motifs is 4. The van der Waals surface area contributed by atoms with Gasteiger partial charge in [0, 0.05) is 24.5 Å². The highest BCUT2D eigenvalue weighted by atomic mass is 19.4. The summed E-state index contributed by atoms with van der Waals surface area (Å²) in [5.41, 5.74) is 3.32. The second-order valence-corrected chi connectivity index (χ2v) is 11.6. The van der Waals surface area contributed by atoms with Crippen LogP contribution in [-0.2, 0) is 10.2 Å². The van der Waals surface area contributed by atoms with Crippen molar-refractivity contribution < 1.29 is 22.8 Å². The Kier molecular flexibility index (Phi) is 8.35. The van der Waals surface area contributed by atoms with Gasteiger partial charge in [0.05, 0.1) is 17.3 Å². The van der Waals surface area contributed by atoms with Crippen LogP contribution in [0.1, 0.15) is 53.6 Å². The number of alkyl halides is 3. The van der Waals surface area contributed by atoms with Crippen LogP contribution in [0, 0.1) is 0 Å². The monoisotopic (exact) mass is 601 g/mol. The molecule has 0 radical (unpaired) electrons. The Morgan fingerprint density at radius 3 is 2.20 bits per heavy atom. The van der Waals surface area contributed by atoms with Crippen LogP contribution < -0.4 is 10.6 Å². The van der Waals surface area contributed by atoms with Gasteiger partial charge >= 0.3 is 6.18 Å². The van der Waals surface area contributed by atoms with E-state index in [4.69, 9.17) is 0 Å². The Labute approximate surface area is 253 Å². The van der Waals surface area contributed by atoms with Gasteiger partial charge in [-0.05, 0) is 60.5 Å². The van der Waals surface area contributed by atoms with Gasteiger partial charge in [0.25, 0.3) is 5.91 Å². The number of hydrogen-bond acceptors (Lipinski definition) is 5. The first kappa shape index (κ1) is 29.7. The zero-order valence-electron chi connectivity index (χ0n) is 24.2. The Balaban J connectivity index is 1.07. The molecule has 2 amide bonds. The fourth-order valence-corrected chi connectivity index (χ4v) is 6.76. The molecule has 6 rings (SSSR count). The van der Waals surface area contributed by atoms with E-state index in [2.05, 4.69) is 25.7 Å². The van der Waals surface area contributed by atoms with E-state index in [1.54, 1.807) is 0 Å². The number of carbonyl (C=O) groups is 2. The summed E-state index contributed by atoms with van der Waals surface area (Å²) in [5.74, 6) is -0.762. The van der Waals surface area contributed by atoms with Gasteiger partial charge in [0.2, 0.25) is 5.91 Å². The van der Waals surface area contributed by atoms with E-state index in [1.165, 1.54) is 6.20 Å². The lowest BCUT2D eigenvalue weighted by atomic mass is 9.73. The molecular weight excluding hydrogens is 567 g/mol. The third kappa shape index (κ3) is 5.91. The predicted octanol–water partition coefficient (Wildman–Crippen LogP) is 5.64. The minimum atomic E-state index is -4.50. The third-order valence-corrected chi connectivity index (χ3v) is 8.89. The number of amides is 2. The van der Waals surface area contributed by atoms with Crippen molar-refractivity contribution in [2.75, 3.05) is 26.2 Å². The zero-order chi connectivity index (χ0) is 30.7. The smallest absolute Gasteiger partial charge is 0.349 e. The molecule has 228 valence electrons. The van der Waals surface area contributed by atoms with Crippen molar-refractivity contribution in [3.05, 3.63) is 95.7 Å². The van der Waals surface area contributed by atoms with Crippen LogP contribution in [0.4, 0.5) is 13.2 Å². The van der Waals surface area contributed by atoms with Gasteiger partial charge in [-0.1, -0.05) is 73.2 Å². The molecule has 7 nitrogen and oxygen atoms in total. The van der Waals surface area contributed by atoms with Crippen LogP contribution in [0.3, 0.4) is 0 Å². The van der Waals surface area contributed by atoms with Crippen LogP contribution >= 0.6 is 0 Å². The van der Waals surface area contributed by atoms with E-state index in [1.807, 2.05) is 72.8 Å². The van der Waals surface area contributed by atoms with Gasteiger partial charge in [0.15, 0.2) is 0 Å². The van der Waals surface area contributed by atoms with Crippen molar-refractivity contribution in [3.63, 3.8) is 0 Å². The Morgan fingerprint density at radius 1 is 0.886 bits per heavy atom. The summed E-state index contributed by atoms with van der Waals surface area (Å²) in [4.78, 5) is 29.0. The third-order valence-electron chi connectivity index (χ3n) is 8.89. The minimum absolute atomic E-state index is 0.0535. The topological polar surface area (TPSA) is 87.2 Å². The van der Waals surface area contributed by atoms with E-state index in [0.29, 0.717) is 23.9 Å². The Morgan fingerprint density at radius 2 is 1.52 bits per heavy atom. The number of halogens is 3. The lowest BCUT2D eigenvalue weighted by Gasteiger charge is -2.33. The SMILES string of the molecule is O=C(NC1CCN(CCCCC2(C(=O)NCC(F)(F)F)c3ccccc3-c3ccccc32)CC1)c1cnnc2ccccc12. The first-order valence-electron chi connectivity index (χ1n) is 15.0. The maximum absolute atomic E-state index is 13.7. The van der Waals surface area contributed by atoms with Crippen molar-refractivity contribution in [1.29, 1.82) is 0 Å². The zero-order valence-corrected chi connectivity index (χ0v) is 24.2. The molecule has 10 heteroatoms. The molecule has 0 bridgehead atoms. The second-order valence-electron chi connectivity index (χ2n) is 11.6. The van der Waals surface area contributed by atoms with E-state index in [0.717, 1.165) is 66.5 Å². The molecular formula is C34H34F3N5O2. The summed E-state index contributed by atoms with van der Waals surface area (Å²) in [6, 6.07) is 22.6. The maximum Gasteiger partial charge on any atom is 0.405 e. The van der Waals surface area contributed by atoms with Crippen molar-refractivity contribution in [1.82, 2.24) is 25.7 Å². The summed E-state index contributed by atoms with van der Waals surface area (Å²) in [7, 11) is 0. The lowest BCUT2D eigenvalue weighted by molar-refractivity contribution is -0.141. The summed E-state index contributed by atoms with van der Waals surface area (Å²) in [5, 5.41) is 14.2. The normalized spacial score (nSPS) is 16.3. The molecule has 4 aromatic rings. The summed E-state index contributed by atoms with van der Waals surface area (Å²) < 4.78 is 39.4. The number of likely N-dealkylation sites (tertiary alicyclic amines) is 1. The Bertz CT molecular complexity index is 1620. The average Bonchev–Trinajstić information content (AvgIpc) is 3.32. The second kappa shape index (κ2) is 12.4. The summed E-state index contributed by atoms with van der Waals surface area (Å²) in [6.07, 6.45) is 0.503. The quantitative estimate of drug-likeness (QED) is 0.243. The molecule has 2 heterocycles. The number of nitrogens with one attached hydrogen (secondary N) is 2. The van der Waals surface area contributed by atoms with Gasteiger partial charge in [-0.15, -0.1) is 0 Å². The average molecular weight is 602 g/mol. The number of unbranched alkanes of at least 4 members (excludes halogenated alkanes) is 1. The summed E-state index contributed by atoms with van der Waals surface area (Å²) in [6.45, 7) is 1.09. The molecule has 2 N–H and O–H groups in total. The first-order valence-corrected chi connectivity index (χ1v) is 15.0. The highest BCUT2D eigenvalue weighted by molar-refractivity contribution is 6.05. The highest BCUT2D eigenvalue weighted by Gasteiger charge is 2.49. The number of rotatable bonds is 9. The molecule has 0 saturated carbocycles. The van der Waals surface area contributed by atoms with Crippen LogP contribution in [0.5, 0.6) is 0 Å². The van der Waals surface area contributed by atoms with Crippen LogP contribution in [0.15, 0.2) is 79.0 Å². The highest BCUT2D eigenvalue weighted by Crippen LogP contribution is 2.51. The van der Waals surface area contributed by atoms with Crippen LogP contribution in [-0.4, -0.2) is 65.3 Å². The van der Waals surface area contributed by atoms with E-state index < -0.39 is 24.0 Å². The molecule has 0 spiro atoms. The molecule has 0 unspecified atom stereocenters. The number of hydrogen-bond donors (Lipinski definition) is 2. The van der Waals surface area contributed by atoms with Gasteiger partial charge in [-0.3, -0.25) is 9.59 Å². The standard InChI is InChI=1S/C34H34F3N5O2/c35-34(36,37)22-38-32(44)33(28-12-4-1-9-24(28)25-10-2-5-13-29(25)33)17-7-8-18-42-19-15-23(16-20-42)40-31(43)27-21-39-41-30-14-6-3-11-26(27)30/h1-6,9-14,21,23H,7-8,15-20,22H2,(H,38,44)(H,40,43). The van der Waals surface area contributed by atoms with Crippen LogP contribution in [0.2, 0.25) is 0 Å². The van der Waals surface area contributed by atoms with Crippen molar-refractivity contribution in [2.45, 2.75) is 49.7 Å².